The van der Waals surface area contributed by atoms with E-state index in [1.807, 2.05) is 65.0 Å². The lowest BCUT2D eigenvalue weighted by Crippen LogP contribution is -2.38. The van der Waals surface area contributed by atoms with E-state index in [9.17, 15) is 9.59 Å². The van der Waals surface area contributed by atoms with Crippen LogP contribution < -0.4 is 0 Å². The molecule has 0 radical (unpaired) electrons. The topological polar surface area (TPSA) is 52.6 Å². The first-order chi connectivity index (χ1) is 11.2. The van der Waals surface area contributed by atoms with Crippen molar-refractivity contribution in [1.82, 2.24) is 0 Å². The Balaban J connectivity index is 2.70. The van der Waals surface area contributed by atoms with Gasteiger partial charge in [-0.2, -0.15) is 0 Å². The number of benzene rings is 1. The maximum absolute atomic E-state index is 12.5. The molecule has 0 aliphatic heterocycles. The van der Waals surface area contributed by atoms with Gasteiger partial charge in [-0.05, 0) is 45.6 Å². The SMILES string of the molecule is CCCOC(=O)C(C)(CC)CC(C)(C)C(=O)OCc1ccccc1. The second-order valence-corrected chi connectivity index (χ2v) is 7.17. The molecular formula is C20H30O4. The normalized spacial score (nSPS) is 13.9. The van der Waals surface area contributed by atoms with Gasteiger partial charge in [-0.25, -0.2) is 0 Å². The largest absolute Gasteiger partial charge is 0.465 e. The van der Waals surface area contributed by atoms with E-state index in [0.717, 1.165) is 12.0 Å². The van der Waals surface area contributed by atoms with Crippen molar-refractivity contribution >= 4 is 11.9 Å². The van der Waals surface area contributed by atoms with Gasteiger partial charge in [-0.1, -0.05) is 44.2 Å². The number of ether oxygens (including phenoxy) is 2. The number of rotatable bonds is 9. The van der Waals surface area contributed by atoms with Crippen molar-refractivity contribution in [3.8, 4) is 0 Å². The predicted molar refractivity (Wildman–Crippen MR) is 94.3 cm³/mol. The quantitative estimate of drug-likeness (QED) is 0.623. The minimum absolute atomic E-state index is 0.240. The van der Waals surface area contributed by atoms with E-state index in [1.165, 1.54) is 0 Å². The van der Waals surface area contributed by atoms with Crippen molar-refractivity contribution in [2.45, 2.75) is 60.5 Å². The maximum Gasteiger partial charge on any atom is 0.311 e. The average molecular weight is 334 g/mol. The molecule has 0 N–H and O–H groups in total. The first-order valence-corrected chi connectivity index (χ1v) is 8.63. The number of hydrogen-bond acceptors (Lipinski definition) is 4. The highest BCUT2D eigenvalue weighted by molar-refractivity contribution is 5.80. The Hall–Kier alpha value is -1.84. The fourth-order valence-corrected chi connectivity index (χ4v) is 2.68. The summed E-state index contributed by atoms with van der Waals surface area (Å²) in [7, 11) is 0. The molecule has 0 aliphatic carbocycles. The molecule has 1 atom stereocenters. The molecule has 4 nitrogen and oxygen atoms in total. The van der Waals surface area contributed by atoms with Crippen LogP contribution in [0.15, 0.2) is 30.3 Å². The second kappa shape index (κ2) is 8.86. The zero-order valence-corrected chi connectivity index (χ0v) is 15.6. The second-order valence-electron chi connectivity index (χ2n) is 7.17. The summed E-state index contributed by atoms with van der Waals surface area (Å²) in [5, 5.41) is 0. The molecule has 0 aromatic heterocycles. The van der Waals surface area contributed by atoms with E-state index in [2.05, 4.69) is 0 Å². The van der Waals surface area contributed by atoms with E-state index in [4.69, 9.17) is 9.47 Å². The summed E-state index contributed by atoms with van der Waals surface area (Å²) in [4.78, 5) is 24.9. The Labute approximate surface area is 145 Å². The highest BCUT2D eigenvalue weighted by atomic mass is 16.5. The third kappa shape index (κ3) is 5.66. The van der Waals surface area contributed by atoms with Crippen LogP contribution in [0.25, 0.3) is 0 Å². The van der Waals surface area contributed by atoms with E-state index < -0.39 is 10.8 Å². The fourth-order valence-electron chi connectivity index (χ4n) is 2.68. The third-order valence-electron chi connectivity index (χ3n) is 4.31. The van der Waals surface area contributed by atoms with E-state index in [-0.39, 0.29) is 18.5 Å². The molecule has 0 amide bonds. The number of carbonyl (C=O) groups is 2. The summed E-state index contributed by atoms with van der Waals surface area (Å²) in [5.74, 6) is -0.537. The number of hydrogen-bond donors (Lipinski definition) is 0. The molecule has 24 heavy (non-hydrogen) atoms. The van der Waals surface area contributed by atoms with Crippen molar-refractivity contribution in [2.24, 2.45) is 10.8 Å². The van der Waals surface area contributed by atoms with Crippen LogP contribution in [0.3, 0.4) is 0 Å². The Morgan fingerprint density at radius 3 is 2.12 bits per heavy atom. The average Bonchev–Trinajstić information content (AvgIpc) is 2.57. The van der Waals surface area contributed by atoms with E-state index >= 15 is 0 Å². The van der Waals surface area contributed by atoms with Crippen LogP contribution in [-0.2, 0) is 25.7 Å². The fraction of sp³-hybridized carbons (Fsp3) is 0.600. The van der Waals surface area contributed by atoms with Gasteiger partial charge in [0.25, 0.3) is 0 Å². The molecule has 4 heteroatoms. The maximum atomic E-state index is 12.5. The molecule has 0 saturated carbocycles. The summed E-state index contributed by atoms with van der Waals surface area (Å²) >= 11 is 0. The molecule has 0 heterocycles. The molecule has 0 fully saturated rings. The molecule has 0 saturated heterocycles. The summed E-state index contributed by atoms with van der Waals surface area (Å²) in [6.45, 7) is 10.1. The van der Waals surface area contributed by atoms with Gasteiger partial charge in [0.05, 0.1) is 17.4 Å². The number of esters is 2. The lowest BCUT2D eigenvalue weighted by Gasteiger charge is -2.33. The molecule has 1 rings (SSSR count). The molecule has 0 spiro atoms. The van der Waals surface area contributed by atoms with Crippen molar-refractivity contribution in [3.05, 3.63) is 35.9 Å². The van der Waals surface area contributed by atoms with Gasteiger partial charge in [-0.3, -0.25) is 9.59 Å². The van der Waals surface area contributed by atoms with Gasteiger partial charge in [0.2, 0.25) is 0 Å². The van der Waals surface area contributed by atoms with Crippen LogP contribution in [0.1, 0.15) is 59.4 Å². The Bertz CT molecular complexity index is 536. The predicted octanol–water partition coefficient (Wildman–Crippen LogP) is 4.52. The highest BCUT2D eigenvalue weighted by Crippen LogP contribution is 2.38. The van der Waals surface area contributed by atoms with Gasteiger partial charge >= 0.3 is 11.9 Å². The van der Waals surface area contributed by atoms with E-state index in [1.54, 1.807) is 0 Å². The minimum atomic E-state index is -0.759. The van der Waals surface area contributed by atoms with Crippen LogP contribution in [0.5, 0.6) is 0 Å². The van der Waals surface area contributed by atoms with Gasteiger partial charge in [0.15, 0.2) is 0 Å². The smallest absolute Gasteiger partial charge is 0.311 e. The standard InChI is InChI=1S/C20H30O4/c1-6-13-23-18(22)20(5,7-2)15-19(3,4)17(21)24-14-16-11-9-8-10-12-16/h8-12H,6-7,13-15H2,1-5H3. The van der Waals surface area contributed by atoms with Gasteiger partial charge in [0.1, 0.15) is 6.61 Å². The molecular weight excluding hydrogens is 304 g/mol. The molecule has 0 aliphatic rings. The lowest BCUT2D eigenvalue weighted by atomic mass is 9.72. The molecule has 134 valence electrons. The third-order valence-corrected chi connectivity index (χ3v) is 4.31. The summed E-state index contributed by atoms with van der Waals surface area (Å²) in [5.41, 5.74) is -0.503. The first kappa shape index (κ1) is 20.2. The van der Waals surface area contributed by atoms with Gasteiger partial charge in [0, 0.05) is 0 Å². The van der Waals surface area contributed by atoms with Crippen LogP contribution in [0.4, 0.5) is 0 Å². The Kier molecular flexibility index (Phi) is 7.46. The lowest BCUT2D eigenvalue weighted by molar-refractivity contribution is -0.163. The van der Waals surface area contributed by atoms with Crippen LogP contribution in [0, 0.1) is 10.8 Å². The van der Waals surface area contributed by atoms with Crippen molar-refractivity contribution in [3.63, 3.8) is 0 Å². The minimum Gasteiger partial charge on any atom is -0.465 e. The van der Waals surface area contributed by atoms with Crippen LogP contribution >= 0.6 is 0 Å². The summed E-state index contributed by atoms with van der Waals surface area (Å²) < 4.78 is 10.8. The molecule has 1 unspecified atom stereocenters. The van der Waals surface area contributed by atoms with Crippen LogP contribution in [0.2, 0.25) is 0 Å². The Morgan fingerprint density at radius 1 is 0.958 bits per heavy atom. The monoisotopic (exact) mass is 334 g/mol. The zero-order chi connectivity index (χ0) is 18.2. The van der Waals surface area contributed by atoms with Crippen molar-refractivity contribution in [1.29, 1.82) is 0 Å². The van der Waals surface area contributed by atoms with Crippen molar-refractivity contribution < 1.29 is 19.1 Å². The van der Waals surface area contributed by atoms with Crippen molar-refractivity contribution in [2.75, 3.05) is 6.61 Å². The highest BCUT2D eigenvalue weighted by Gasteiger charge is 2.42. The Morgan fingerprint density at radius 2 is 1.58 bits per heavy atom. The molecule has 0 bridgehead atoms. The van der Waals surface area contributed by atoms with E-state index in [0.29, 0.717) is 19.4 Å². The molecule has 1 aromatic carbocycles. The van der Waals surface area contributed by atoms with Crippen LogP contribution in [-0.4, -0.2) is 18.5 Å². The summed E-state index contributed by atoms with van der Waals surface area (Å²) in [6.07, 6.45) is 1.80. The summed E-state index contributed by atoms with van der Waals surface area (Å²) in [6, 6.07) is 9.57. The number of carbonyl (C=O) groups excluding carboxylic acids is 2. The molecule has 1 aromatic rings. The first-order valence-electron chi connectivity index (χ1n) is 8.63. The van der Waals surface area contributed by atoms with Gasteiger partial charge in [-0.15, -0.1) is 0 Å². The van der Waals surface area contributed by atoms with Gasteiger partial charge < -0.3 is 9.47 Å². The zero-order valence-electron chi connectivity index (χ0n) is 15.6.